The van der Waals surface area contributed by atoms with E-state index in [1.807, 2.05) is 50.2 Å². The van der Waals surface area contributed by atoms with Gasteiger partial charge < -0.3 is 13.7 Å². The number of ketones is 1. The first kappa shape index (κ1) is 21.6. The highest BCUT2D eigenvalue weighted by molar-refractivity contribution is 6.16. The van der Waals surface area contributed by atoms with Crippen molar-refractivity contribution in [3.05, 3.63) is 77.5 Å². The van der Waals surface area contributed by atoms with E-state index in [1.54, 1.807) is 12.1 Å². The van der Waals surface area contributed by atoms with Crippen LogP contribution < -0.4 is 0 Å². The molecule has 4 aromatic rings. The fourth-order valence-electron chi connectivity index (χ4n) is 4.07. The first-order chi connectivity index (χ1) is 16.5. The van der Waals surface area contributed by atoms with Crippen LogP contribution in [0.25, 0.3) is 23.2 Å². The molecule has 9 heteroatoms. The molecule has 9 nitrogen and oxygen atoms in total. The highest BCUT2D eigenvalue weighted by atomic mass is 16.5. The molecule has 0 unspecified atom stereocenters. The molecule has 0 N–H and O–H groups in total. The number of carbonyl (C=O) groups excluding carboxylic acids is 2. The number of furan rings is 1. The van der Waals surface area contributed by atoms with Crippen LogP contribution in [0.3, 0.4) is 0 Å². The molecule has 0 spiro atoms. The van der Waals surface area contributed by atoms with Gasteiger partial charge in [0.15, 0.2) is 18.1 Å². The number of hydrogen-bond acceptors (Lipinski definition) is 7. The third-order valence-corrected chi connectivity index (χ3v) is 5.79. The van der Waals surface area contributed by atoms with E-state index in [2.05, 4.69) is 20.1 Å². The number of benzene rings is 1. The predicted octanol–water partition coefficient (Wildman–Crippen LogP) is 4.11. The van der Waals surface area contributed by atoms with Crippen LogP contribution in [0, 0.1) is 13.8 Å². The van der Waals surface area contributed by atoms with Crippen LogP contribution in [-0.2, 0) is 9.53 Å². The van der Waals surface area contributed by atoms with Gasteiger partial charge in [0, 0.05) is 34.6 Å². The molecule has 1 aromatic carbocycles. The van der Waals surface area contributed by atoms with Crippen LogP contribution in [0.1, 0.15) is 46.4 Å². The van der Waals surface area contributed by atoms with Crippen molar-refractivity contribution >= 4 is 23.5 Å². The van der Waals surface area contributed by atoms with Crippen LogP contribution in [0.2, 0.25) is 0 Å². The first-order valence-corrected chi connectivity index (χ1v) is 11.0. The Morgan fingerprint density at radius 2 is 1.94 bits per heavy atom. The number of ether oxygens (including phenoxy) is 1. The van der Waals surface area contributed by atoms with Gasteiger partial charge in [-0.25, -0.2) is 4.79 Å². The van der Waals surface area contributed by atoms with Gasteiger partial charge in [-0.3, -0.25) is 4.79 Å². The van der Waals surface area contributed by atoms with Crippen LogP contribution in [0.15, 0.2) is 59.2 Å². The maximum absolute atomic E-state index is 13.2. The lowest BCUT2D eigenvalue weighted by molar-refractivity contribution is -0.136. The molecule has 1 fully saturated rings. The van der Waals surface area contributed by atoms with E-state index < -0.39 is 12.6 Å². The summed E-state index contributed by atoms with van der Waals surface area (Å²) >= 11 is 0. The third kappa shape index (κ3) is 4.19. The first-order valence-electron chi connectivity index (χ1n) is 11.0. The third-order valence-electron chi connectivity index (χ3n) is 5.79. The zero-order valence-electron chi connectivity index (χ0n) is 18.8. The van der Waals surface area contributed by atoms with Crippen molar-refractivity contribution in [3.8, 4) is 11.4 Å². The minimum Gasteiger partial charge on any atom is -0.465 e. The van der Waals surface area contributed by atoms with Crippen molar-refractivity contribution in [3.63, 3.8) is 0 Å². The Morgan fingerprint density at radius 1 is 1.15 bits per heavy atom. The summed E-state index contributed by atoms with van der Waals surface area (Å²) in [7, 11) is 0. The molecular weight excluding hydrogens is 434 g/mol. The second kappa shape index (κ2) is 8.93. The van der Waals surface area contributed by atoms with Crippen molar-refractivity contribution in [1.82, 2.24) is 24.8 Å². The Balaban J connectivity index is 1.40. The number of aromatic nitrogens is 5. The van der Waals surface area contributed by atoms with Gasteiger partial charge in [0.1, 0.15) is 5.76 Å². The molecule has 1 aliphatic rings. The van der Waals surface area contributed by atoms with Crippen molar-refractivity contribution in [2.24, 2.45) is 0 Å². The second-order valence-electron chi connectivity index (χ2n) is 8.21. The number of esters is 1. The molecule has 1 aliphatic carbocycles. The minimum absolute atomic E-state index is 0.0232. The number of nitrogens with zero attached hydrogens (tertiary/aromatic N) is 5. The summed E-state index contributed by atoms with van der Waals surface area (Å²) in [6.45, 7) is 3.52. The van der Waals surface area contributed by atoms with Gasteiger partial charge in [-0.05, 0) is 55.3 Å². The van der Waals surface area contributed by atoms with Gasteiger partial charge in [-0.15, -0.1) is 5.10 Å². The Hall–Kier alpha value is -4.27. The molecule has 172 valence electrons. The summed E-state index contributed by atoms with van der Waals surface area (Å²) < 4.78 is 14.3. The van der Waals surface area contributed by atoms with E-state index in [-0.39, 0.29) is 11.5 Å². The molecule has 0 saturated heterocycles. The lowest BCUT2D eigenvalue weighted by Crippen LogP contribution is -2.19. The number of Topliss-reactive ketones (excluding diaryl/α,β-unsaturated/α-hetero) is 1. The average Bonchev–Trinajstić information content (AvgIpc) is 3.23. The molecule has 0 bridgehead atoms. The van der Waals surface area contributed by atoms with E-state index in [0.29, 0.717) is 28.8 Å². The Kier molecular flexibility index (Phi) is 5.67. The zero-order valence-corrected chi connectivity index (χ0v) is 18.8. The quantitative estimate of drug-likeness (QED) is 0.223. The van der Waals surface area contributed by atoms with E-state index in [4.69, 9.17) is 9.15 Å². The fraction of sp³-hybridized carbons (Fsp3) is 0.240. The maximum atomic E-state index is 13.2. The van der Waals surface area contributed by atoms with Crippen molar-refractivity contribution < 1.29 is 18.7 Å². The number of rotatable bonds is 8. The van der Waals surface area contributed by atoms with Gasteiger partial charge in [0.05, 0.1) is 6.26 Å². The van der Waals surface area contributed by atoms with Crippen molar-refractivity contribution in [2.75, 3.05) is 6.61 Å². The molecule has 1 saturated carbocycles. The summed E-state index contributed by atoms with van der Waals surface area (Å²) in [6, 6.07) is 14.9. The fourth-order valence-corrected chi connectivity index (χ4v) is 4.07. The predicted molar refractivity (Wildman–Crippen MR) is 124 cm³/mol. The number of hydrogen-bond donors (Lipinski definition) is 0. The van der Waals surface area contributed by atoms with Crippen LogP contribution in [0.4, 0.5) is 0 Å². The molecule has 0 aliphatic heterocycles. The van der Waals surface area contributed by atoms with Crippen LogP contribution in [0.5, 0.6) is 0 Å². The number of aryl methyl sites for hydroxylation is 1. The minimum atomic E-state index is -0.745. The molecule has 0 amide bonds. The number of tetrazole rings is 1. The zero-order chi connectivity index (χ0) is 23.7. The molecule has 0 atom stereocenters. The Labute approximate surface area is 195 Å². The van der Waals surface area contributed by atoms with Crippen LogP contribution >= 0.6 is 0 Å². The topological polar surface area (TPSA) is 105 Å². The Bertz CT molecular complexity index is 1360. The lowest BCUT2D eigenvalue weighted by atomic mass is 10.1. The standard InChI is InChI=1S/C25H23N5O4/c1-16-13-21(17(2)29(16)19-10-11-19)23(31)15-34-25(32)22(14-20-9-6-12-33-20)30-24(26-27-28-30)18-7-4-3-5-8-18/h3-9,12-14,19H,10-11,15H2,1-2H3. The van der Waals surface area contributed by atoms with Crippen molar-refractivity contribution in [2.45, 2.75) is 32.7 Å². The smallest absolute Gasteiger partial charge is 0.357 e. The van der Waals surface area contributed by atoms with E-state index in [1.165, 1.54) is 17.0 Å². The molecule has 34 heavy (non-hydrogen) atoms. The van der Waals surface area contributed by atoms with E-state index >= 15 is 0 Å². The van der Waals surface area contributed by atoms with Gasteiger partial charge in [-0.1, -0.05) is 30.3 Å². The summed E-state index contributed by atoms with van der Waals surface area (Å²) in [5.41, 5.74) is 3.25. The summed E-state index contributed by atoms with van der Waals surface area (Å²) in [6.07, 6.45) is 5.21. The van der Waals surface area contributed by atoms with Gasteiger partial charge >= 0.3 is 5.97 Å². The van der Waals surface area contributed by atoms with E-state index in [0.717, 1.165) is 24.2 Å². The van der Waals surface area contributed by atoms with Gasteiger partial charge in [-0.2, -0.15) is 4.68 Å². The Morgan fingerprint density at radius 3 is 2.65 bits per heavy atom. The van der Waals surface area contributed by atoms with Crippen LogP contribution in [-0.4, -0.2) is 43.1 Å². The second-order valence-corrected chi connectivity index (χ2v) is 8.21. The van der Waals surface area contributed by atoms with E-state index in [9.17, 15) is 9.59 Å². The highest BCUT2D eigenvalue weighted by Gasteiger charge is 2.29. The van der Waals surface area contributed by atoms with Gasteiger partial charge in [0.25, 0.3) is 0 Å². The molecule has 3 heterocycles. The lowest BCUT2D eigenvalue weighted by Gasteiger charge is -2.10. The molecule has 5 rings (SSSR count). The normalized spacial score (nSPS) is 13.8. The highest BCUT2D eigenvalue weighted by Crippen LogP contribution is 2.38. The van der Waals surface area contributed by atoms with Gasteiger partial charge in [0.2, 0.25) is 5.78 Å². The molecular formula is C25H23N5O4. The maximum Gasteiger partial charge on any atom is 0.357 e. The summed E-state index contributed by atoms with van der Waals surface area (Å²) in [5, 5.41) is 11.8. The monoisotopic (exact) mass is 457 g/mol. The average molecular weight is 457 g/mol. The SMILES string of the molecule is Cc1cc(C(=O)COC(=O)C(=Cc2ccco2)n2nnnc2-c2ccccc2)c(C)n1C1CC1. The number of carbonyl (C=O) groups is 2. The molecule has 0 radical (unpaired) electrons. The largest absolute Gasteiger partial charge is 0.465 e. The molecule has 3 aromatic heterocycles. The summed E-state index contributed by atoms with van der Waals surface area (Å²) in [5.74, 6) is -0.230. The summed E-state index contributed by atoms with van der Waals surface area (Å²) in [4.78, 5) is 26.1. The van der Waals surface area contributed by atoms with Crippen molar-refractivity contribution in [1.29, 1.82) is 0 Å².